The zero-order valence-electron chi connectivity index (χ0n) is 15.2. The van der Waals surface area contributed by atoms with Crippen molar-refractivity contribution >= 4 is 29.9 Å². The Bertz CT molecular complexity index is 618. The Morgan fingerprint density at radius 2 is 1.88 bits per heavy atom. The molecule has 0 saturated carbocycles. The standard InChI is InChI=1S/C19H27N3O2.ClH/c1-13(2)15-4-6-16(7-5-15)22-10-8-17(19(22)24)18(23)21-11-9-20-12-14(21)3;/h4-7,13-14,17,20H,8-12H2,1-3H3;1H/t14-,17?;/m1./s1. The van der Waals surface area contributed by atoms with E-state index < -0.39 is 5.92 Å². The summed E-state index contributed by atoms with van der Waals surface area (Å²) < 4.78 is 0. The number of carbonyl (C=O) groups is 2. The van der Waals surface area contributed by atoms with E-state index in [0.717, 1.165) is 18.8 Å². The summed E-state index contributed by atoms with van der Waals surface area (Å²) in [6.07, 6.45) is 0.611. The maximum atomic E-state index is 12.8. The van der Waals surface area contributed by atoms with Crippen LogP contribution in [0.4, 0.5) is 5.69 Å². The third-order valence-corrected chi connectivity index (χ3v) is 5.16. The summed E-state index contributed by atoms with van der Waals surface area (Å²) in [7, 11) is 0. The highest BCUT2D eigenvalue weighted by Gasteiger charge is 2.41. The molecule has 5 nitrogen and oxygen atoms in total. The lowest BCUT2D eigenvalue weighted by molar-refractivity contribution is -0.142. The highest BCUT2D eigenvalue weighted by Crippen LogP contribution is 2.28. The molecule has 1 aromatic rings. The van der Waals surface area contributed by atoms with Gasteiger partial charge in [0, 0.05) is 37.9 Å². The van der Waals surface area contributed by atoms with Crippen LogP contribution in [0.1, 0.15) is 38.7 Å². The smallest absolute Gasteiger partial charge is 0.239 e. The van der Waals surface area contributed by atoms with Crippen molar-refractivity contribution in [1.82, 2.24) is 10.2 Å². The summed E-state index contributed by atoms with van der Waals surface area (Å²) in [6, 6.07) is 8.28. The lowest BCUT2D eigenvalue weighted by atomic mass is 10.0. The van der Waals surface area contributed by atoms with Crippen LogP contribution in [0, 0.1) is 5.92 Å². The predicted molar refractivity (Wildman–Crippen MR) is 102 cm³/mol. The number of hydrogen-bond donors (Lipinski definition) is 1. The number of rotatable bonds is 3. The molecule has 0 radical (unpaired) electrons. The fourth-order valence-corrected chi connectivity index (χ4v) is 3.57. The molecule has 0 spiro atoms. The van der Waals surface area contributed by atoms with Crippen LogP contribution in [0.15, 0.2) is 24.3 Å². The van der Waals surface area contributed by atoms with Crippen LogP contribution < -0.4 is 10.2 Å². The van der Waals surface area contributed by atoms with Gasteiger partial charge in [-0.2, -0.15) is 0 Å². The van der Waals surface area contributed by atoms with Gasteiger partial charge in [-0.1, -0.05) is 26.0 Å². The summed E-state index contributed by atoms with van der Waals surface area (Å²) in [5.41, 5.74) is 2.15. The number of piperazine rings is 1. The van der Waals surface area contributed by atoms with Crippen LogP contribution in [0.3, 0.4) is 0 Å². The van der Waals surface area contributed by atoms with Crippen molar-refractivity contribution in [2.75, 3.05) is 31.1 Å². The lowest BCUT2D eigenvalue weighted by Crippen LogP contribution is -2.54. The van der Waals surface area contributed by atoms with Gasteiger partial charge < -0.3 is 15.1 Å². The second-order valence-electron chi connectivity index (χ2n) is 7.16. The number of benzene rings is 1. The average Bonchev–Trinajstić information content (AvgIpc) is 2.96. The minimum Gasteiger partial charge on any atom is -0.337 e. The van der Waals surface area contributed by atoms with E-state index in [0.29, 0.717) is 25.4 Å². The summed E-state index contributed by atoms with van der Waals surface area (Å²) in [5.74, 6) is -0.106. The van der Waals surface area contributed by atoms with Gasteiger partial charge >= 0.3 is 0 Å². The first-order valence-corrected chi connectivity index (χ1v) is 8.91. The average molecular weight is 366 g/mol. The molecule has 2 fully saturated rings. The Hall–Kier alpha value is -1.59. The number of nitrogens with zero attached hydrogens (tertiary/aromatic N) is 2. The zero-order valence-corrected chi connectivity index (χ0v) is 16.0. The molecule has 2 atom stereocenters. The maximum Gasteiger partial charge on any atom is 0.239 e. The normalized spacial score (nSPS) is 23.8. The van der Waals surface area contributed by atoms with E-state index in [1.807, 2.05) is 24.0 Å². The first-order valence-electron chi connectivity index (χ1n) is 8.91. The van der Waals surface area contributed by atoms with Crippen molar-refractivity contribution in [3.8, 4) is 0 Å². The molecule has 2 aliphatic heterocycles. The molecule has 0 aliphatic carbocycles. The Balaban J connectivity index is 0.00000225. The maximum absolute atomic E-state index is 12.8. The van der Waals surface area contributed by atoms with Gasteiger partial charge in [0.05, 0.1) is 0 Å². The third kappa shape index (κ3) is 3.98. The van der Waals surface area contributed by atoms with E-state index in [9.17, 15) is 9.59 Å². The van der Waals surface area contributed by atoms with Gasteiger partial charge in [0.25, 0.3) is 0 Å². The molecule has 3 rings (SSSR count). The van der Waals surface area contributed by atoms with Crippen LogP contribution in [-0.2, 0) is 9.59 Å². The Morgan fingerprint density at radius 1 is 1.20 bits per heavy atom. The lowest BCUT2D eigenvalue weighted by Gasteiger charge is -2.35. The van der Waals surface area contributed by atoms with Gasteiger partial charge in [0.15, 0.2) is 0 Å². The molecular formula is C19H28ClN3O2. The number of nitrogens with one attached hydrogen (secondary N) is 1. The zero-order chi connectivity index (χ0) is 17.3. The molecule has 6 heteroatoms. The Kier molecular flexibility index (Phi) is 6.47. The second-order valence-corrected chi connectivity index (χ2v) is 7.16. The molecule has 2 saturated heterocycles. The summed E-state index contributed by atoms with van der Waals surface area (Å²) in [6.45, 7) is 9.25. The fourth-order valence-electron chi connectivity index (χ4n) is 3.57. The molecule has 2 amide bonds. The summed E-state index contributed by atoms with van der Waals surface area (Å²) in [5, 5.41) is 3.28. The highest BCUT2D eigenvalue weighted by molar-refractivity contribution is 6.09. The largest absolute Gasteiger partial charge is 0.337 e. The van der Waals surface area contributed by atoms with Crippen molar-refractivity contribution in [2.45, 2.75) is 39.2 Å². The van der Waals surface area contributed by atoms with E-state index in [1.165, 1.54) is 5.56 Å². The van der Waals surface area contributed by atoms with Gasteiger partial charge in [-0.15, -0.1) is 12.4 Å². The van der Waals surface area contributed by atoms with Gasteiger partial charge in [0.1, 0.15) is 5.92 Å². The molecule has 0 bridgehead atoms. The molecule has 1 aromatic carbocycles. The van der Waals surface area contributed by atoms with Crippen LogP contribution >= 0.6 is 12.4 Å². The molecule has 25 heavy (non-hydrogen) atoms. The van der Waals surface area contributed by atoms with E-state index in [4.69, 9.17) is 0 Å². The van der Waals surface area contributed by atoms with Crippen LogP contribution in [-0.4, -0.2) is 48.9 Å². The Morgan fingerprint density at radius 3 is 2.48 bits per heavy atom. The fraction of sp³-hybridized carbons (Fsp3) is 0.579. The third-order valence-electron chi connectivity index (χ3n) is 5.16. The van der Waals surface area contributed by atoms with Gasteiger partial charge in [-0.05, 0) is 37.0 Å². The van der Waals surface area contributed by atoms with Crippen molar-refractivity contribution in [3.63, 3.8) is 0 Å². The number of anilines is 1. The molecule has 138 valence electrons. The minimum absolute atomic E-state index is 0. The molecular weight excluding hydrogens is 338 g/mol. The van der Waals surface area contributed by atoms with Gasteiger partial charge in [0.2, 0.25) is 11.8 Å². The van der Waals surface area contributed by atoms with E-state index >= 15 is 0 Å². The number of amides is 2. The van der Waals surface area contributed by atoms with Crippen LogP contribution in [0.25, 0.3) is 0 Å². The van der Waals surface area contributed by atoms with Crippen molar-refractivity contribution in [1.29, 1.82) is 0 Å². The van der Waals surface area contributed by atoms with Crippen molar-refractivity contribution in [2.24, 2.45) is 5.92 Å². The molecule has 1 unspecified atom stereocenters. The van der Waals surface area contributed by atoms with E-state index in [-0.39, 0.29) is 30.3 Å². The molecule has 2 aliphatic rings. The number of halogens is 1. The van der Waals surface area contributed by atoms with E-state index in [1.54, 1.807) is 4.90 Å². The van der Waals surface area contributed by atoms with Gasteiger partial charge in [-0.3, -0.25) is 9.59 Å². The topological polar surface area (TPSA) is 52.7 Å². The SMILES string of the molecule is CC(C)c1ccc(N2CCC(C(=O)N3CCNC[C@H]3C)C2=O)cc1.Cl. The Labute approximate surface area is 156 Å². The van der Waals surface area contributed by atoms with Crippen LogP contribution in [0.2, 0.25) is 0 Å². The highest BCUT2D eigenvalue weighted by atomic mass is 35.5. The van der Waals surface area contributed by atoms with Crippen LogP contribution in [0.5, 0.6) is 0 Å². The summed E-state index contributed by atoms with van der Waals surface area (Å²) in [4.78, 5) is 29.2. The summed E-state index contributed by atoms with van der Waals surface area (Å²) >= 11 is 0. The number of hydrogen-bond acceptors (Lipinski definition) is 3. The predicted octanol–water partition coefficient (Wildman–Crippen LogP) is 2.41. The second kappa shape index (κ2) is 8.19. The number of carbonyl (C=O) groups excluding carboxylic acids is 2. The minimum atomic E-state index is -0.518. The van der Waals surface area contributed by atoms with Gasteiger partial charge in [-0.25, -0.2) is 0 Å². The first-order chi connectivity index (χ1) is 11.5. The van der Waals surface area contributed by atoms with Crippen molar-refractivity contribution < 1.29 is 9.59 Å². The molecule has 0 aromatic heterocycles. The molecule has 1 N–H and O–H groups in total. The quantitative estimate of drug-likeness (QED) is 0.837. The monoisotopic (exact) mass is 365 g/mol. The molecule has 2 heterocycles. The van der Waals surface area contributed by atoms with Crippen molar-refractivity contribution in [3.05, 3.63) is 29.8 Å². The van der Waals surface area contributed by atoms with E-state index in [2.05, 4.69) is 31.3 Å². The first kappa shape index (κ1) is 19.7.